The number of carbonyl (C=O) groups is 3. The van der Waals surface area contributed by atoms with Crippen LogP contribution >= 0.6 is 21.6 Å². The molecule has 0 aromatic heterocycles. The van der Waals surface area contributed by atoms with Crippen molar-refractivity contribution in [3.63, 3.8) is 0 Å². The summed E-state index contributed by atoms with van der Waals surface area (Å²) in [4.78, 5) is 30.5. The molecule has 0 spiro atoms. The van der Waals surface area contributed by atoms with Crippen LogP contribution in [-0.2, 0) is 19.1 Å². The average molecular weight is 423 g/mol. The van der Waals surface area contributed by atoms with Crippen molar-refractivity contribution in [1.29, 1.82) is 0 Å². The molecule has 0 atom stereocenters. The van der Waals surface area contributed by atoms with Gasteiger partial charge in [0.05, 0.1) is 6.42 Å². The number of hydrogen-bond acceptors (Lipinski definition) is 6. The Morgan fingerprint density at radius 3 is 2.12 bits per heavy atom. The van der Waals surface area contributed by atoms with Gasteiger partial charge in [-0.25, -0.2) is 4.79 Å². The van der Waals surface area contributed by atoms with Crippen LogP contribution in [0.5, 0.6) is 0 Å². The summed E-state index contributed by atoms with van der Waals surface area (Å²) in [7, 11) is 3.11. The number of aliphatic carboxylic acids is 2. The lowest BCUT2D eigenvalue weighted by Crippen LogP contribution is -2.25. The van der Waals surface area contributed by atoms with Gasteiger partial charge in [0.2, 0.25) is 5.91 Å². The fourth-order valence-electron chi connectivity index (χ4n) is 1.15. The standard InChI is InChI=1S/C12H23NO4S2.C2HF3O2/c1-2-7-17-8-3-4-11(14)13-6-10-19-18-9-5-12(15)16;3-2(4,5)1(6)7/h2-10H2,1H3,(H,13,14)(H,15,16);(H,6,7). The van der Waals surface area contributed by atoms with Gasteiger partial charge in [-0.3, -0.25) is 9.59 Å². The molecule has 154 valence electrons. The minimum absolute atomic E-state index is 0.0521. The fraction of sp³-hybridized carbons (Fsp3) is 0.786. The molecule has 0 unspecified atom stereocenters. The summed E-state index contributed by atoms with van der Waals surface area (Å²) in [5.74, 6) is -2.08. The predicted octanol–water partition coefficient (Wildman–Crippen LogP) is 2.80. The highest BCUT2D eigenvalue weighted by Gasteiger charge is 2.38. The molecule has 0 radical (unpaired) electrons. The monoisotopic (exact) mass is 423 g/mol. The summed E-state index contributed by atoms with van der Waals surface area (Å²) < 4.78 is 37.0. The van der Waals surface area contributed by atoms with Crippen LogP contribution in [0.4, 0.5) is 13.2 Å². The maximum atomic E-state index is 11.4. The zero-order chi connectivity index (χ0) is 20.4. The topological polar surface area (TPSA) is 113 Å². The van der Waals surface area contributed by atoms with E-state index in [9.17, 15) is 22.8 Å². The lowest BCUT2D eigenvalue weighted by Gasteiger charge is -2.05. The zero-order valence-electron chi connectivity index (χ0n) is 14.3. The van der Waals surface area contributed by atoms with Crippen molar-refractivity contribution in [3.8, 4) is 0 Å². The third-order valence-corrected chi connectivity index (χ3v) is 4.68. The van der Waals surface area contributed by atoms with Crippen molar-refractivity contribution in [2.24, 2.45) is 0 Å². The Kier molecular flexibility index (Phi) is 18.0. The highest BCUT2D eigenvalue weighted by atomic mass is 33.1. The molecule has 26 heavy (non-hydrogen) atoms. The van der Waals surface area contributed by atoms with Gasteiger partial charge in [-0.1, -0.05) is 28.5 Å². The second-order valence-corrected chi connectivity index (χ2v) is 7.36. The number of rotatable bonds is 13. The Bertz CT molecular complexity index is 411. The van der Waals surface area contributed by atoms with Gasteiger partial charge in [0.15, 0.2) is 0 Å². The van der Waals surface area contributed by atoms with Crippen molar-refractivity contribution in [2.75, 3.05) is 31.3 Å². The number of nitrogens with one attached hydrogen (secondary N) is 1. The summed E-state index contributed by atoms with van der Waals surface area (Å²) in [6, 6.07) is 0. The van der Waals surface area contributed by atoms with Crippen molar-refractivity contribution >= 4 is 39.4 Å². The molecule has 0 bridgehead atoms. The molecule has 0 fully saturated rings. The Hall–Kier alpha value is -1.14. The minimum Gasteiger partial charge on any atom is -0.481 e. The Labute approximate surface area is 157 Å². The van der Waals surface area contributed by atoms with E-state index in [1.807, 2.05) is 0 Å². The summed E-state index contributed by atoms with van der Waals surface area (Å²) >= 11 is 0. The predicted molar refractivity (Wildman–Crippen MR) is 94.2 cm³/mol. The number of carbonyl (C=O) groups excluding carboxylic acids is 1. The number of amides is 1. The van der Waals surface area contributed by atoms with Crippen molar-refractivity contribution in [1.82, 2.24) is 5.32 Å². The van der Waals surface area contributed by atoms with Crippen LogP contribution in [0.1, 0.15) is 32.6 Å². The Morgan fingerprint density at radius 1 is 1.04 bits per heavy atom. The van der Waals surface area contributed by atoms with E-state index in [1.54, 1.807) is 10.8 Å². The van der Waals surface area contributed by atoms with E-state index in [0.29, 0.717) is 25.3 Å². The zero-order valence-corrected chi connectivity index (χ0v) is 16.0. The summed E-state index contributed by atoms with van der Waals surface area (Å²) in [5.41, 5.74) is 0. The molecule has 12 heteroatoms. The summed E-state index contributed by atoms with van der Waals surface area (Å²) in [6.45, 7) is 4.07. The smallest absolute Gasteiger partial charge is 0.481 e. The Balaban J connectivity index is 0. The van der Waals surface area contributed by atoms with Gasteiger partial charge >= 0.3 is 18.1 Å². The van der Waals surface area contributed by atoms with Crippen molar-refractivity contribution in [2.45, 2.75) is 38.8 Å². The van der Waals surface area contributed by atoms with Crippen molar-refractivity contribution < 1.29 is 42.5 Å². The molecule has 0 saturated carbocycles. The molecule has 0 saturated heterocycles. The largest absolute Gasteiger partial charge is 0.490 e. The lowest BCUT2D eigenvalue weighted by molar-refractivity contribution is -0.192. The van der Waals surface area contributed by atoms with Gasteiger partial charge in [0.1, 0.15) is 0 Å². The molecule has 0 aliphatic rings. The number of ether oxygens (including phenoxy) is 1. The van der Waals surface area contributed by atoms with Gasteiger partial charge in [0.25, 0.3) is 0 Å². The van der Waals surface area contributed by atoms with Gasteiger partial charge < -0.3 is 20.3 Å². The molecular formula is C14H24F3NO6S2. The molecular weight excluding hydrogens is 399 g/mol. The van der Waals surface area contributed by atoms with E-state index in [4.69, 9.17) is 19.7 Å². The van der Waals surface area contributed by atoms with Crippen LogP contribution in [0, 0.1) is 0 Å². The second-order valence-electron chi connectivity index (χ2n) is 4.66. The number of hydrogen-bond donors (Lipinski definition) is 3. The van der Waals surface area contributed by atoms with E-state index >= 15 is 0 Å². The highest BCUT2D eigenvalue weighted by Crippen LogP contribution is 2.20. The third kappa shape index (κ3) is 22.9. The van der Waals surface area contributed by atoms with E-state index in [2.05, 4.69) is 12.2 Å². The van der Waals surface area contributed by atoms with Gasteiger partial charge in [-0.05, 0) is 12.8 Å². The summed E-state index contributed by atoms with van der Waals surface area (Å²) in [6.07, 6.45) is -2.64. The molecule has 3 N–H and O–H groups in total. The fourth-order valence-corrected chi connectivity index (χ4v) is 3.03. The quantitative estimate of drug-likeness (QED) is 0.306. The molecule has 0 aromatic carbocycles. The molecule has 1 amide bonds. The molecule has 0 heterocycles. The second kappa shape index (κ2) is 17.3. The number of carboxylic acids is 2. The SMILES string of the molecule is CCCOCCCC(=O)NCCSSCCC(=O)O.O=C(O)C(F)(F)F. The molecule has 0 aliphatic carbocycles. The van der Waals surface area contributed by atoms with Gasteiger partial charge in [-0.2, -0.15) is 13.2 Å². The third-order valence-electron chi connectivity index (χ3n) is 2.27. The number of alkyl halides is 3. The minimum atomic E-state index is -5.08. The molecule has 0 aromatic rings. The van der Waals surface area contributed by atoms with Gasteiger partial charge in [-0.15, -0.1) is 0 Å². The van der Waals surface area contributed by atoms with E-state index in [1.165, 1.54) is 10.8 Å². The van der Waals surface area contributed by atoms with E-state index in [0.717, 1.165) is 25.2 Å². The van der Waals surface area contributed by atoms with E-state index in [-0.39, 0.29) is 12.3 Å². The summed E-state index contributed by atoms with van der Waals surface area (Å²) in [5, 5.41) is 18.4. The number of halogens is 3. The first kappa shape index (κ1) is 27.1. The number of carboxylic acid groups (broad SMARTS) is 2. The molecule has 0 aliphatic heterocycles. The highest BCUT2D eigenvalue weighted by molar-refractivity contribution is 8.76. The van der Waals surface area contributed by atoms with Crippen LogP contribution in [-0.4, -0.2) is 65.5 Å². The van der Waals surface area contributed by atoms with Crippen LogP contribution in [0.25, 0.3) is 0 Å². The van der Waals surface area contributed by atoms with Gasteiger partial charge in [0, 0.05) is 37.7 Å². The first-order valence-electron chi connectivity index (χ1n) is 7.72. The maximum absolute atomic E-state index is 11.4. The van der Waals surface area contributed by atoms with Crippen LogP contribution in [0.15, 0.2) is 0 Å². The molecule has 0 rings (SSSR count). The molecule has 7 nitrogen and oxygen atoms in total. The Morgan fingerprint density at radius 2 is 1.62 bits per heavy atom. The first-order chi connectivity index (χ1) is 12.1. The maximum Gasteiger partial charge on any atom is 0.490 e. The van der Waals surface area contributed by atoms with Crippen LogP contribution < -0.4 is 5.32 Å². The van der Waals surface area contributed by atoms with Crippen molar-refractivity contribution in [3.05, 3.63) is 0 Å². The van der Waals surface area contributed by atoms with E-state index < -0.39 is 18.1 Å². The normalized spacial score (nSPS) is 10.6. The lowest BCUT2D eigenvalue weighted by atomic mass is 10.3. The van der Waals surface area contributed by atoms with Crippen LogP contribution in [0.3, 0.4) is 0 Å². The van der Waals surface area contributed by atoms with Crippen LogP contribution in [0.2, 0.25) is 0 Å². The average Bonchev–Trinajstić information content (AvgIpc) is 2.53. The first-order valence-corrected chi connectivity index (χ1v) is 10.2.